The zero-order valence-corrected chi connectivity index (χ0v) is 11.5. The van der Waals surface area contributed by atoms with Crippen molar-refractivity contribution >= 4 is 11.6 Å². The summed E-state index contributed by atoms with van der Waals surface area (Å²) in [5, 5.41) is -0.448. The summed E-state index contributed by atoms with van der Waals surface area (Å²) in [6.45, 7) is 4.84. The Morgan fingerprint density at radius 3 is 2.89 bits per heavy atom. The van der Waals surface area contributed by atoms with Gasteiger partial charge in [-0.1, -0.05) is 13.8 Å². The van der Waals surface area contributed by atoms with E-state index >= 15 is 0 Å². The molecule has 0 saturated heterocycles. The summed E-state index contributed by atoms with van der Waals surface area (Å²) in [6.07, 6.45) is 3.90. The summed E-state index contributed by atoms with van der Waals surface area (Å²) in [5.74, 6) is -1.15. The van der Waals surface area contributed by atoms with Crippen LogP contribution in [0.1, 0.15) is 44.9 Å². The van der Waals surface area contributed by atoms with Gasteiger partial charge in [-0.2, -0.15) is 0 Å². The van der Waals surface area contributed by atoms with Crippen LogP contribution in [0.4, 0.5) is 8.78 Å². The summed E-state index contributed by atoms with van der Waals surface area (Å²) in [6, 6.07) is 0. The maximum Gasteiger partial charge on any atom is 0.249 e. The molecule has 0 bridgehead atoms. The van der Waals surface area contributed by atoms with Crippen LogP contribution in [0.15, 0.2) is 12.4 Å². The maximum absolute atomic E-state index is 13.2. The first kappa shape index (κ1) is 13.8. The van der Waals surface area contributed by atoms with Crippen LogP contribution < -0.4 is 0 Å². The highest BCUT2D eigenvalue weighted by molar-refractivity contribution is 6.20. The van der Waals surface area contributed by atoms with Gasteiger partial charge in [0.25, 0.3) is 0 Å². The maximum atomic E-state index is 13.2. The predicted molar refractivity (Wildman–Crippen MR) is 68.2 cm³/mol. The molecular weight excluding hydrogens is 258 g/mol. The van der Waals surface area contributed by atoms with Gasteiger partial charge in [-0.15, -0.1) is 11.6 Å². The predicted octanol–water partition coefficient (Wildman–Crippen LogP) is 4.05. The van der Waals surface area contributed by atoms with Crippen molar-refractivity contribution in [2.45, 2.75) is 56.9 Å². The van der Waals surface area contributed by atoms with Crippen LogP contribution in [0.25, 0.3) is 0 Å². The molecule has 2 nitrogen and oxygen atoms in total. The third-order valence-corrected chi connectivity index (χ3v) is 4.09. The number of aromatic nitrogens is 2. The summed E-state index contributed by atoms with van der Waals surface area (Å²) in [7, 11) is 0. The Morgan fingerprint density at radius 1 is 1.56 bits per heavy atom. The molecule has 0 N–H and O–H groups in total. The van der Waals surface area contributed by atoms with Crippen molar-refractivity contribution in [3.05, 3.63) is 18.2 Å². The lowest BCUT2D eigenvalue weighted by Crippen LogP contribution is -2.35. The molecule has 1 aliphatic carbocycles. The summed E-state index contributed by atoms with van der Waals surface area (Å²) >= 11 is 6.10. The number of nitrogens with zero attached hydrogens (tertiary/aromatic N) is 2. The molecule has 2 atom stereocenters. The van der Waals surface area contributed by atoms with Gasteiger partial charge in [-0.25, -0.2) is 13.8 Å². The third kappa shape index (κ3) is 3.02. The fourth-order valence-corrected chi connectivity index (χ4v) is 3.00. The van der Waals surface area contributed by atoms with E-state index in [0.717, 1.165) is 5.82 Å². The average molecular weight is 277 g/mol. The minimum Gasteiger partial charge on any atom is -0.334 e. The van der Waals surface area contributed by atoms with Gasteiger partial charge in [-0.3, -0.25) is 0 Å². The van der Waals surface area contributed by atoms with E-state index in [0.29, 0.717) is 18.9 Å². The van der Waals surface area contributed by atoms with E-state index in [4.69, 9.17) is 11.6 Å². The number of imidazole rings is 1. The van der Waals surface area contributed by atoms with E-state index in [9.17, 15) is 8.78 Å². The second-order valence-electron chi connectivity index (χ2n) is 5.47. The van der Waals surface area contributed by atoms with E-state index in [-0.39, 0.29) is 18.8 Å². The molecular formula is C13H19ClF2N2. The SMILES string of the molecule is CC(C)c1nccn1CC1CCC(F)(F)CC1Cl. The first-order chi connectivity index (χ1) is 8.39. The van der Waals surface area contributed by atoms with Gasteiger partial charge in [0, 0.05) is 43.1 Å². The molecule has 18 heavy (non-hydrogen) atoms. The second-order valence-corrected chi connectivity index (χ2v) is 6.03. The van der Waals surface area contributed by atoms with E-state index in [1.807, 2.05) is 10.8 Å². The molecule has 1 aromatic rings. The first-order valence-electron chi connectivity index (χ1n) is 6.42. The van der Waals surface area contributed by atoms with E-state index in [2.05, 4.69) is 18.8 Å². The summed E-state index contributed by atoms with van der Waals surface area (Å²) in [4.78, 5) is 4.31. The van der Waals surface area contributed by atoms with E-state index < -0.39 is 11.3 Å². The molecule has 0 aliphatic heterocycles. The van der Waals surface area contributed by atoms with E-state index in [1.54, 1.807) is 6.20 Å². The summed E-state index contributed by atoms with van der Waals surface area (Å²) in [5.41, 5.74) is 0. The second kappa shape index (κ2) is 5.16. The Bertz CT molecular complexity index is 403. The van der Waals surface area contributed by atoms with Crippen molar-refractivity contribution in [2.24, 2.45) is 5.92 Å². The number of hydrogen-bond donors (Lipinski definition) is 0. The molecule has 1 saturated carbocycles. The van der Waals surface area contributed by atoms with Crippen LogP contribution in [0.3, 0.4) is 0 Å². The van der Waals surface area contributed by atoms with Gasteiger partial charge in [0.2, 0.25) is 5.92 Å². The van der Waals surface area contributed by atoms with Gasteiger partial charge >= 0.3 is 0 Å². The third-order valence-electron chi connectivity index (χ3n) is 3.58. The van der Waals surface area contributed by atoms with Crippen LogP contribution in [0, 0.1) is 5.92 Å². The summed E-state index contributed by atoms with van der Waals surface area (Å²) < 4.78 is 28.5. The molecule has 2 unspecified atom stereocenters. The van der Waals surface area contributed by atoms with Gasteiger partial charge < -0.3 is 4.57 Å². The zero-order valence-electron chi connectivity index (χ0n) is 10.7. The molecule has 1 heterocycles. The van der Waals surface area contributed by atoms with Gasteiger partial charge in [0.1, 0.15) is 5.82 Å². The number of hydrogen-bond acceptors (Lipinski definition) is 1. The molecule has 0 spiro atoms. The minimum atomic E-state index is -2.58. The Balaban J connectivity index is 2.04. The largest absolute Gasteiger partial charge is 0.334 e. The molecule has 2 rings (SSSR count). The van der Waals surface area contributed by atoms with Gasteiger partial charge in [0.15, 0.2) is 0 Å². The lowest BCUT2D eigenvalue weighted by molar-refractivity contribution is -0.0454. The molecule has 1 fully saturated rings. The lowest BCUT2D eigenvalue weighted by Gasteiger charge is -2.33. The van der Waals surface area contributed by atoms with Crippen molar-refractivity contribution in [1.82, 2.24) is 9.55 Å². The first-order valence-corrected chi connectivity index (χ1v) is 6.85. The number of rotatable bonds is 3. The van der Waals surface area contributed by atoms with Crippen LogP contribution in [0.2, 0.25) is 0 Å². The Labute approximate surface area is 111 Å². The van der Waals surface area contributed by atoms with Crippen molar-refractivity contribution in [3.63, 3.8) is 0 Å². The molecule has 5 heteroatoms. The molecule has 0 amide bonds. The zero-order chi connectivity index (χ0) is 13.3. The highest BCUT2D eigenvalue weighted by Gasteiger charge is 2.40. The molecule has 0 aromatic carbocycles. The van der Waals surface area contributed by atoms with Gasteiger partial charge in [-0.05, 0) is 12.3 Å². The van der Waals surface area contributed by atoms with Crippen LogP contribution in [-0.4, -0.2) is 20.9 Å². The minimum absolute atomic E-state index is 0.0490. The molecule has 1 aliphatic rings. The molecule has 1 aromatic heterocycles. The fraction of sp³-hybridized carbons (Fsp3) is 0.769. The monoisotopic (exact) mass is 276 g/mol. The molecule has 0 radical (unpaired) electrons. The Morgan fingerprint density at radius 2 is 2.28 bits per heavy atom. The fourth-order valence-electron chi connectivity index (χ4n) is 2.57. The van der Waals surface area contributed by atoms with Crippen LogP contribution in [0.5, 0.6) is 0 Å². The molecule has 102 valence electrons. The van der Waals surface area contributed by atoms with Crippen molar-refractivity contribution in [1.29, 1.82) is 0 Å². The van der Waals surface area contributed by atoms with Crippen molar-refractivity contribution < 1.29 is 8.78 Å². The quantitative estimate of drug-likeness (QED) is 0.762. The van der Waals surface area contributed by atoms with E-state index in [1.165, 1.54) is 0 Å². The Kier molecular flexibility index (Phi) is 3.95. The van der Waals surface area contributed by atoms with Crippen molar-refractivity contribution in [3.8, 4) is 0 Å². The highest BCUT2D eigenvalue weighted by Crippen LogP contribution is 2.39. The lowest BCUT2D eigenvalue weighted by atomic mass is 9.86. The van der Waals surface area contributed by atoms with Crippen LogP contribution >= 0.6 is 11.6 Å². The number of halogens is 3. The highest BCUT2D eigenvalue weighted by atomic mass is 35.5. The van der Waals surface area contributed by atoms with Crippen LogP contribution in [-0.2, 0) is 6.54 Å². The average Bonchev–Trinajstić information content (AvgIpc) is 2.69. The number of alkyl halides is 3. The van der Waals surface area contributed by atoms with Crippen molar-refractivity contribution in [2.75, 3.05) is 0 Å². The Hall–Kier alpha value is -0.640. The van der Waals surface area contributed by atoms with Gasteiger partial charge in [0.05, 0.1) is 0 Å². The topological polar surface area (TPSA) is 17.8 Å². The standard InChI is InChI=1S/C13H19ClF2N2/c1-9(2)12-17-5-6-18(12)8-10-3-4-13(15,16)7-11(10)14/h5-6,9-11H,3-4,7-8H2,1-2H3. The normalized spacial score (nSPS) is 27.7. The smallest absolute Gasteiger partial charge is 0.249 e.